The standard InChI is InChI=1S/C20H30O4/c1-4-5-6-7-11-14-18(20(22)23-3)16(2)19(21)24-15-17-12-9-8-10-13-17/h8-10,12-13,16,18H,4-7,11,14-15H2,1-3H3. The molecular formula is C20H30O4. The molecule has 0 saturated carbocycles. The highest BCUT2D eigenvalue weighted by molar-refractivity contribution is 5.81. The van der Waals surface area contributed by atoms with E-state index in [2.05, 4.69) is 6.92 Å². The number of benzene rings is 1. The smallest absolute Gasteiger partial charge is 0.309 e. The maximum absolute atomic E-state index is 12.3. The topological polar surface area (TPSA) is 52.6 Å². The van der Waals surface area contributed by atoms with Gasteiger partial charge in [-0.1, -0.05) is 76.3 Å². The Kier molecular flexibility index (Phi) is 9.81. The Balaban J connectivity index is 2.50. The molecule has 1 aromatic carbocycles. The molecule has 0 spiro atoms. The molecule has 0 aromatic heterocycles. The van der Waals surface area contributed by atoms with Gasteiger partial charge in [0.1, 0.15) is 6.61 Å². The van der Waals surface area contributed by atoms with Crippen LogP contribution in [0.2, 0.25) is 0 Å². The Morgan fingerprint density at radius 3 is 2.29 bits per heavy atom. The number of rotatable bonds is 11. The van der Waals surface area contributed by atoms with Crippen LogP contribution in [-0.4, -0.2) is 19.0 Å². The number of carbonyl (C=O) groups excluding carboxylic acids is 2. The zero-order valence-electron chi connectivity index (χ0n) is 15.1. The van der Waals surface area contributed by atoms with E-state index in [-0.39, 0.29) is 18.5 Å². The minimum Gasteiger partial charge on any atom is -0.469 e. The molecule has 0 heterocycles. The molecule has 0 amide bonds. The molecule has 1 aromatic rings. The van der Waals surface area contributed by atoms with E-state index in [0.717, 1.165) is 24.8 Å². The third-order valence-corrected chi connectivity index (χ3v) is 4.32. The van der Waals surface area contributed by atoms with Gasteiger partial charge in [-0.2, -0.15) is 0 Å². The first-order valence-electron chi connectivity index (χ1n) is 8.88. The normalized spacial score (nSPS) is 13.1. The minimum atomic E-state index is -0.493. The Morgan fingerprint density at radius 1 is 1.00 bits per heavy atom. The quantitative estimate of drug-likeness (QED) is 0.441. The maximum Gasteiger partial charge on any atom is 0.309 e. The van der Waals surface area contributed by atoms with Crippen LogP contribution in [0.4, 0.5) is 0 Å². The number of carbonyl (C=O) groups is 2. The summed E-state index contributed by atoms with van der Waals surface area (Å²) in [5.74, 6) is -1.59. The van der Waals surface area contributed by atoms with Crippen LogP contribution in [0.3, 0.4) is 0 Å². The lowest BCUT2D eigenvalue weighted by molar-refractivity contribution is -0.159. The molecule has 24 heavy (non-hydrogen) atoms. The molecule has 4 nitrogen and oxygen atoms in total. The van der Waals surface area contributed by atoms with Crippen molar-refractivity contribution in [3.8, 4) is 0 Å². The monoisotopic (exact) mass is 334 g/mol. The average Bonchev–Trinajstić information content (AvgIpc) is 2.62. The molecule has 0 N–H and O–H groups in total. The molecular weight excluding hydrogens is 304 g/mol. The van der Waals surface area contributed by atoms with Gasteiger partial charge in [0.2, 0.25) is 0 Å². The van der Waals surface area contributed by atoms with E-state index in [0.29, 0.717) is 6.42 Å². The summed E-state index contributed by atoms with van der Waals surface area (Å²) in [5.41, 5.74) is 0.937. The molecule has 0 radical (unpaired) electrons. The van der Waals surface area contributed by atoms with E-state index in [4.69, 9.17) is 9.47 Å². The Labute approximate surface area is 145 Å². The van der Waals surface area contributed by atoms with Gasteiger partial charge in [-0.3, -0.25) is 9.59 Å². The van der Waals surface area contributed by atoms with Gasteiger partial charge in [0.05, 0.1) is 18.9 Å². The summed E-state index contributed by atoms with van der Waals surface area (Å²) in [6, 6.07) is 9.53. The number of unbranched alkanes of at least 4 members (excludes halogenated alkanes) is 4. The van der Waals surface area contributed by atoms with Crippen LogP contribution in [0.25, 0.3) is 0 Å². The van der Waals surface area contributed by atoms with Crippen LogP contribution < -0.4 is 0 Å². The summed E-state index contributed by atoms with van der Waals surface area (Å²) >= 11 is 0. The molecule has 1 rings (SSSR count). The first-order chi connectivity index (χ1) is 11.6. The maximum atomic E-state index is 12.3. The van der Waals surface area contributed by atoms with Crippen LogP contribution in [0.5, 0.6) is 0 Å². The second kappa shape index (κ2) is 11.7. The van der Waals surface area contributed by atoms with E-state index in [1.807, 2.05) is 30.3 Å². The highest BCUT2D eigenvalue weighted by Gasteiger charge is 2.31. The van der Waals surface area contributed by atoms with Gasteiger partial charge in [0.25, 0.3) is 0 Å². The zero-order chi connectivity index (χ0) is 17.8. The Hall–Kier alpha value is -1.84. The van der Waals surface area contributed by atoms with Crippen LogP contribution in [-0.2, 0) is 25.7 Å². The predicted molar refractivity (Wildman–Crippen MR) is 94.3 cm³/mol. The van der Waals surface area contributed by atoms with Gasteiger partial charge in [-0.15, -0.1) is 0 Å². The number of methoxy groups -OCH3 is 1. The van der Waals surface area contributed by atoms with Crippen LogP contribution >= 0.6 is 0 Å². The molecule has 2 atom stereocenters. The Morgan fingerprint density at radius 2 is 1.67 bits per heavy atom. The van der Waals surface area contributed by atoms with Crippen molar-refractivity contribution in [2.45, 2.75) is 59.0 Å². The van der Waals surface area contributed by atoms with Crippen molar-refractivity contribution in [2.24, 2.45) is 11.8 Å². The fraction of sp³-hybridized carbons (Fsp3) is 0.600. The first kappa shape index (κ1) is 20.2. The highest BCUT2D eigenvalue weighted by atomic mass is 16.5. The molecule has 0 aliphatic carbocycles. The van der Waals surface area contributed by atoms with Gasteiger partial charge in [0, 0.05) is 0 Å². The Bertz CT molecular complexity index is 484. The lowest BCUT2D eigenvalue weighted by atomic mass is 9.88. The second-order valence-corrected chi connectivity index (χ2v) is 6.21. The third kappa shape index (κ3) is 7.16. The lowest BCUT2D eigenvalue weighted by Crippen LogP contribution is -2.30. The fourth-order valence-corrected chi connectivity index (χ4v) is 2.72. The summed E-state index contributed by atoms with van der Waals surface area (Å²) in [7, 11) is 1.37. The summed E-state index contributed by atoms with van der Waals surface area (Å²) in [6.45, 7) is 4.15. The van der Waals surface area contributed by atoms with Crippen LogP contribution in [0, 0.1) is 11.8 Å². The summed E-state index contributed by atoms with van der Waals surface area (Å²) in [4.78, 5) is 24.3. The van der Waals surface area contributed by atoms with Crippen molar-refractivity contribution in [1.29, 1.82) is 0 Å². The molecule has 0 saturated heterocycles. The van der Waals surface area contributed by atoms with Crippen molar-refractivity contribution in [2.75, 3.05) is 7.11 Å². The molecule has 4 heteroatoms. The van der Waals surface area contributed by atoms with E-state index < -0.39 is 11.8 Å². The highest BCUT2D eigenvalue weighted by Crippen LogP contribution is 2.23. The van der Waals surface area contributed by atoms with Crippen LogP contribution in [0.1, 0.15) is 57.9 Å². The molecule has 0 aliphatic heterocycles. The third-order valence-electron chi connectivity index (χ3n) is 4.32. The molecule has 2 unspecified atom stereocenters. The van der Waals surface area contributed by atoms with E-state index >= 15 is 0 Å². The average molecular weight is 334 g/mol. The molecule has 0 aliphatic rings. The summed E-state index contributed by atoms with van der Waals surface area (Å²) in [6.07, 6.45) is 6.22. The largest absolute Gasteiger partial charge is 0.469 e. The number of esters is 2. The van der Waals surface area contributed by atoms with Gasteiger partial charge in [-0.25, -0.2) is 0 Å². The first-order valence-corrected chi connectivity index (χ1v) is 8.88. The molecule has 0 bridgehead atoms. The van der Waals surface area contributed by atoms with Gasteiger partial charge < -0.3 is 9.47 Å². The van der Waals surface area contributed by atoms with Crippen molar-refractivity contribution in [3.63, 3.8) is 0 Å². The zero-order valence-corrected chi connectivity index (χ0v) is 15.1. The molecule has 134 valence electrons. The van der Waals surface area contributed by atoms with E-state index in [1.54, 1.807) is 6.92 Å². The van der Waals surface area contributed by atoms with Crippen molar-refractivity contribution < 1.29 is 19.1 Å². The van der Waals surface area contributed by atoms with E-state index in [1.165, 1.54) is 20.0 Å². The van der Waals surface area contributed by atoms with Crippen molar-refractivity contribution in [3.05, 3.63) is 35.9 Å². The lowest BCUT2D eigenvalue weighted by Gasteiger charge is -2.20. The summed E-state index contributed by atoms with van der Waals surface area (Å²) < 4.78 is 10.2. The fourth-order valence-electron chi connectivity index (χ4n) is 2.72. The van der Waals surface area contributed by atoms with Gasteiger partial charge >= 0.3 is 11.9 Å². The van der Waals surface area contributed by atoms with Gasteiger partial charge in [0.15, 0.2) is 0 Å². The second-order valence-electron chi connectivity index (χ2n) is 6.21. The minimum absolute atomic E-state index is 0.231. The van der Waals surface area contributed by atoms with E-state index in [9.17, 15) is 9.59 Å². The SMILES string of the molecule is CCCCCCCC(C(=O)OC)C(C)C(=O)OCc1ccccc1. The predicted octanol–water partition coefficient (Wildman–Crippen LogP) is 4.52. The molecule has 0 fully saturated rings. The van der Waals surface area contributed by atoms with Crippen molar-refractivity contribution >= 4 is 11.9 Å². The van der Waals surface area contributed by atoms with Crippen molar-refractivity contribution in [1.82, 2.24) is 0 Å². The van der Waals surface area contributed by atoms with Gasteiger partial charge in [-0.05, 0) is 12.0 Å². The van der Waals surface area contributed by atoms with Crippen LogP contribution in [0.15, 0.2) is 30.3 Å². The number of ether oxygens (including phenoxy) is 2. The number of hydrogen-bond acceptors (Lipinski definition) is 4. The summed E-state index contributed by atoms with van der Waals surface area (Å²) in [5, 5.41) is 0. The number of hydrogen-bond donors (Lipinski definition) is 0.